The Balaban J connectivity index is 4.64. The van der Waals surface area contributed by atoms with Crippen LogP contribution in [0.3, 0.4) is 0 Å². The quantitative estimate of drug-likeness (QED) is 0.730. The SMILES string of the molecule is CC(C)CC(=O)[C@@H](NC(=O)[C@H](O)C(C)C)C(C)C. The fraction of sp³-hybridized carbons (Fsp3) is 0.857. The lowest BCUT2D eigenvalue weighted by Crippen LogP contribution is -2.49. The second-order valence-corrected chi connectivity index (χ2v) is 5.98. The largest absolute Gasteiger partial charge is 0.383 e. The monoisotopic (exact) mass is 257 g/mol. The number of carbonyl (C=O) groups excluding carboxylic acids is 2. The summed E-state index contributed by atoms with van der Waals surface area (Å²) in [6.45, 7) is 11.3. The van der Waals surface area contributed by atoms with Crippen LogP contribution in [0.1, 0.15) is 48.0 Å². The minimum absolute atomic E-state index is 0.0274. The van der Waals surface area contributed by atoms with E-state index in [2.05, 4.69) is 5.32 Å². The topological polar surface area (TPSA) is 66.4 Å². The van der Waals surface area contributed by atoms with Gasteiger partial charge in [-0.15, -0.1) is 0 Å². The van der Waals surface area contributed by atoms with Crippen molar-refractivity contribution < 1.29 is 14.7 Å². The zero-order valence-electron chi connectivity index (χ0n) is 12.4. The Bertz CT molecular complexity index is 285. The van der Waals surface area contributed by atoms with Crippen LogP contribution in [0.5, 0.6) is 0 Å². The van der Waals surface area contributed by atoms with Crippen molar-refractivity contribution in [1.29, 1.82) is 0 Å². The van der Waals surface area contributed by atoms with Gasteiger partial charge in [0.05, 0.1) is 6.04 Å². The highest BCUT2D eigenvalue weighted by atomic mass is 16.3. The smallest absolute Gasteiger partial charge is 0.249 e. The van der Waals surface area contributed by atoms with Gasteiger partial charge >= 0.3 is 0 Å². The van der Waals surface area contributed by atoms with Crippen molar-refractivity contribution in [3.8, 4) is 0 Å². The van der Waals surface area contributed by atoms with E-state index in [1.807, 2.05) is 27.7 Å². The number of rotatable bonds is 7. The van der Waals surface area contributed by atoms with Crippen LogP contribution in [0.2, 0.25) is 0 Å². The number of hydrogen-bond donors (Lipinski definition) is 2. The van der Waals surface area contributed by atoms with Gasteiger partial charge in [-0.3, -0.25) is 9.59 Å². The molecule has 0 aromatic heterocycles. The molecule has 0 aromatic rings. The maximum Gasteiger partial charge on any atom is 0.249 e. The van der Waals surface area contributed by atoms with Gasteiger partial charge in [0.25, 0.3) is 0 Å². The van der Waals surface area contributed by atoms with Crippen LogP contribution in [-0.4, -0.2) is 28.9 Å². The molecule has 1 amide bonds. The van der Waals surface area contributed by atoms with Gasteiger partial charge in [-0.2, -0.15) is 0 Å². The summed E-state index contributed by atoms with van der Waals surface area (Å²) in [4.78, 5) is 23.8. The van der Waals surface area contributed by atoms with E-state index in [-0.39, 0.29) is 23.5 Å². The third-order valence-electron chi connectivity index (χ3n) is 2.82. The van der Waals surface area contributed by atoms with Crippen molar-refractivity contribution in [2.24, 2.45) is 17.8 Å². The van der Waals surface area contributed by atoms with Crippen LogP contribution < -0.4 is 5.32 Å². The molecule has 0 spiro atoms. The third kappa shape index (κ3) is 5.63. The predicted octanol–water partition coefficient (Wildman–Crippen LogP) is 1.76. The molecule has 2 atom stereocenters. The number of nitrogens with one attached hydrogen (secondary N) is 1. The van der Waals surface area contributed by atoms with Crippen molar-refractivity contribution in [2.45, 2.75) is 60.1 Å². The average Bonchev–Trinajstić information content (AvgIpc) is 2.22. The van der Waals surface area contributed by atoms with Gasteiger partial charge in [-0.25, -0.2) is 0 Å². The lowest BCUT2D eigenvalue weighted by molar-refractivity contribution is -0.136. The third-order valence-corrected chi connectivity index (χ3v) is 2.82. The van der Waals surface area contributed by atoms with E-state index in [1.54, 1.807) is 13.8 Å². The first-order valence-corrected chi connectivity index (χ1v) is 6.68. The Labute approximate surface area is 110 Å². The molecule has 0 aromatic carbocycles. The van der Waals surface area contributed by atoms with Gasteiger partial charge in [-0.05, 0) is 17.8 Å². The predicted molar refractivity (Wildman–Crippen MR) is 72.1 cm³/mol. The molecule has 0 fully saturated rings. The van der Waals surface area contributed by atoms with E-state index in [0.717, 1.165) is 0 Å². The molecule has 2 N–H and O–H groups in total. The van der Waals surface area contributed by atoms with E-state index < -0.39 is 18.1 Å². The summed E-state index contributed by atoms with van der Waals surface area (Å²) in [6, 6.07) is -0.506. The number of ketones is 1. The number of aliphatic hydroxyl groups excluding tert-OH is 1. The van der Waals surface area contributed by atoms with Crippen molar-refractivity contribution in [3.63, 3.8) is 0 Å². The summed E-state index contributed by atoms with van der Waals surface area (Å²) in [5.74, 6) is -0.284. The lowest BCUT2D eigenvalue weighted by Gasteiger charge is -2.24. The maximum absolute atomic E-state index is 12.0. The molecule has 0 radical (unpaired) electrons. The Hall–Kier alpha value is -0.900. The minimum Gasteiger partial charge on any atom is -0.383 e. The fourth-order valence-corrected chi connectivity index (χ4v) is 1.69. The van der Waals surface area contributed by atoms with Crippen molar-refractivity contribution in [3.05, 3.63) is 0 Å². The van der Waals surface area contributed by atoms with Gasteiger partial charge in [0.2, 0.25) is 5.91 Å². The number of amides is 1. The summed E-state index contributed by atoms with van der Waals surface area (Å²) in [6.07, 6.45) is -0.612. The van der Waals surface area contributed by atoms with Crippen LogP contribution in [0, 0.1) is 17.8 Å². The highest BCUT2D eigenvalue weighted by Crippen LogP contribution is 2.11. The lowest BCUT2D eigenvalue weighted by atomic mass is 9.93. The zero-order chi connectivity index (χ0) is 14.5. The second-order valence-electron chi connectivity index (χ2n) is 5.98. The van der Waals surface area contributed by atoms with Gasteiger partial charge in [0.1, 0.15) is 6.10 Å². The molecule has 0 bridgehead atoms. The molecule has 106 valence electrons. The van der Waals surface area contributed by atoms with E-state index in [9.17, 15) is 14.7 Å². The Morgan fingerprint density at radius 3 is 1.83 bits per heavy atom. The van der Waals surface area contributed by atoms with Crippen LogP contribution in [0.25, 0.3) is 0 Å². The summed E-state index contributed by atoms with van der Waals surface area (Å²) < 4.78 is 0. The molecule has 0 heterocycles. The first kappa shape index (κ1) is 17.1. The number of hydrogen-bond acceptors (Lipinski definition) is 3. The van der Waals surface area contributed by atoms with Gasteiger partial charge in [0, 0.05) is 6.42 Å². The first-order valence-electron chi connectivity index (χ1n) is 6.68. The number of aliphatic hydroxyl groups is 1. The molecule has 0 aliphatic rings. The molecule has 0 saturated carbocycles. The normalized spacial score (nSPS) is 15.0. The van der Waals surface area contributed by atoms with E-state index >= 15 is 0 Å². The van der Waals surface area contributed by atoms with Crippen LogP contribution >= 0.6 is 0 Å². The maximum atomic E-state index is 12.0. The summed E-state index contributed by atoms with van der Waals surface area (Å²) in [5, 5.41) is 12.3. The number of Topliss-reactive ketones (excluding diaryl/α,β-unsaturated/α-hetero) is 1. The molecule has 0 unspecified atom stereocenters. The highest BCUT2D eigenvalue weighted by Gasteiger charge is 2.28. The zero-order valence-corrected chi connectivity index (χ0v) is 12.4. The molecule has 18 heavy (non-hydrogen) atoms. The molecular formula is C14H27NO3. The Kier molecular flexibility index (Phi) is 7.14. The summed E-state index contributed by atoms with van der Waals surface area (Å²) >= 11 is 0. The van der Waals surface area contributed by atoms with Gasteiger partial charge < -0.3 is 10.4 Å². The molecule has 4 nitrogen and oxygen atoms in total. The number of carbonyl (C=O) groups is 2. The Morgan fingerprint density at radius 2 is 1.50 bits per heavy atom. The van der Waals surface area contributed by atoms with Crippen molar-refractivity contribution in [1.82, 2.24) is 5.32 Å². The van der Waals surface area contributed by atoms with Gasteiger partial charge in [0.15, 0.2) is 5.78 Å². The van der Waals surface area contributed by atoms with Crippen LogP contribution in [-0.2, 0) is 9.59 Å². The van der Waals surface area contributed by atoms with Gasteiger partial charge in [-0.1, -0.05) is 41.5 Å². The highest BCUT2D eigenvalue weighted by molar-refractivity contribution is 5.90. The molecule has 0 aliphatic heterocycles. The average molecular weight is 257 g/mol. The summed E-state index contributed by atoms with van der Waals surface area (Å²) in [7, 11) is 0. The molecule has 0 aliphatic carbocycles. The second kappa shape index (κ2) is 7.52. The molecule has 0 rings (SSSR count). The minimum atomic E-state index is -1.06. The fourth-order valence-electron chi connectivity index (χ4n) is 1.69. The first-order chi connectivity index (χ1) is 8.16. The molecule has 0 saturated heterocycles. The van der Waals surface area contributed by atoms with E-state index in [4.69, 9.17) is 0 Å². The van der Waals surface area contributed by atoms with E-state index in [1.165, 1.54) is 0 Å². The Morgan fingerprint density at radius 1 is 1.00 bits per heavy atom. The van der Waals surface area contributed by atoms with Crippen molar-refractivity contribution >= 4 is 11.7 Å². The van der Waals surface area contributed by atoms with Crippen LogP contribution in [0.15, 0.2) is 0 Å². The molecular weight excluding hydrogens is 230 g/mol. The van der Waals surface area contributed by atoms with Crippen LogP contribution in [0.4, 0.5) is 0 Å². The van der Waals surface area contributed by atoms with E-state index in [0.29, 0.717) is 6.42 Å². The standard InChI is InChI=1S/C14H27NO3/c1-8(2)7-11(16)12(9(3)4)15-14(18)13(17)10(5)6/h8-10,12-13,17H,7H2,1-6H3,(H,15,18)/t12-,13+/m0/s1. The molecule has 4 heteroatoms. The van der Waals surface area contributed by atoms with Crippen molar-refractivity contribution in [2.75, 3.05) is 0 Å². The summed E-state index contributed by atoms with van der Waals surface area (Å²) in [5.41, 5.74) is 0.